The van der Waals surface area contributed by atoms with Crippen LogP contribution in [-0.2, 0) is 9.53 Å². The third kappa shape index (κ3) is 22.7. The lowest BCUT2D eigenvalue weighted by Gasteiger charge is -2.08. The standard InChI is InChI=1S/C41H78O2/c1-3-4-5-6-7-8-9-10-13-16-19-22-25-28-31-37(2)41-40(43-41)34-33-39-36-38(39)32-29-26-23-20-17-14-11-12-15-18-21-24-27-30-35-42/h35,37-41H,3-34,36H2,1-2H3/t37-,38+,39+,40+,41+/m1/s1. The molecule has 43 heavy (non-hydrogen) atoms. The van der Waals surface area contributed by atoms with E-state index in [-0.39, 0.29) is 0 Å². The molecule has 1 aliphatic heterocycles. The Bertz CT molecular complexity index is 603. The second kappa shape index (κ2) is 27.9. The molecule has 0 bridgehead atoms. The fraction of sp³-hybridized carbons (Fsp3) is 0.976. The Morgan fingerprint density at radius 3 is 1.44 bits per heavy atom. The molecule has 0 aromatic heterocycles. The van der Waals surface area contributed by atoms with Crippen molar-refractivity contribution in [1.29, 1.82) is 0 Å². The first-order valence-corrected chi connectivity index (χ1v) is 20.3. The first kappa shape index (κ1) is 38.8. The van der Waals surface area contributed by atoms with E-state index in [1.54, 1.807) is 0 Å². The van der Waals surface area contributed by atoms with Crippen LogP contribution in [0.1, 0.15) is 226 Å². The van der Waals surface area contributed by atoms with Gasteiger partial charge < -0.3 is 9.53 Å². The van der Waals surface area contributed by atoms with Crippen molar-refractivity contribution in [3.8, 4) is 0 Å². The SMILES string of the molecule is CCCCCCCCCCCCCCCC[C@@H](C)[C@@H]1O[C@H]1CC[C@H]1C[C@@H]1CCCCCCCCCCCCCCCC=O. The first-order valence-electron chi connectivity index (χ1n) is 20.3. The van der Waals surface area contributed by atoms with Crippen molar-refractivity contribution in [3.63, 3.8) is 0 Å². The first-order chi connectivity index (χ1) is 21.3. The van der Waals surface area contributed by atoms with E-state index in [0.717, 1.165) is 36.9 Å². The van der Waals surface area contributed by atoms with Gasteiger partial charge in [0.15, 0.2) is 0 Å². The van der Waals surface area contributed by atoms with Crippen molar-refractivity contribution in [2.45, 2.75) is 238 Å². The van der Waals surface area contributed by atoms with E-state index in [1.165, 1.54) is 199 Å². The van der Waals surface area contributed by atoms with Crippen LogP contribution in [0.25, 0.3) is 0 Å². The summed E-state index contributed by atoms with van der Waals surface area (Å²) < 4.78 is 6.14. The van der Waals surface area contributed by atoms with Gasteiger partial charge >= 0.3 is 0 Å². The molecule has 1 saturated heterocycles. The summed E-state index contributed by atoms with van der Waals surface area (Å²) >= 11 is 0. The van der Waals surface area contributed by atoms with Crippen molar-refractivity contribution in [1.82, 2.24) is 0 Å². The van der Waals surface area contributed by atoms with Crippen LogP contribution in [-0.4, -0.2) is 18.5 Å². The topological polar surface area (TPSA) is 29.6 Å². The van der Waals surface area contributed by atoms with Gasteiger partial charge in [-0.05, 0) is 49.9 Å². The van der Waals surface area contributed by atoms with Crippen molar-refractivity contribution in [2.24, 2.45) is 17.8 Å². The van der Waals surface area contributed by atoms with Crippen LogP contribution in [0.5, 0.6) is 0 Å². The maximum Gasteiger partial charge on any atom is 0.119 e. The lowest BCUT2D eigenvalue weighted by Crippen LogP contribution is -2.07. The zero-order valence-corrected chi connectivity index (χ0v) is 29.6. The van der Waals surface area contributed by atoms with Crippen molar-refractivity contribution >= 4 is 6.29 Å². The molecular formula is C41H78O2. The van der Waals surface area contributed by atoms with E-state index in [1.807, 2.05) is 0 Å². The predicted molar refractivity (Wildman–Crippen MR) is 189 cm³/mol. The fourth-order valence-electron chi connectivity index (χ4n) is 7.69. The number of hydrogen-bond acceptors (Lipinski definition) is 2. The van der Waals surface area contributed by atoms with Crippen LogP contribution in [0.4, 0.5) is 0 Å². The molecule has 2 fully saturated rings. The summed E-state index contributed by atoms with van der Waals surface area (Å²) in [7, 11) is 0. The second-order valence-corrected chi connectivity index (χ2v) is 15.2. The molecule has 2 rings (SSSR count). The van der Waals surface area contributed by atoms with Gasteiger partial charge in [-0.25, -0.2) is 0 Å². The largest absolute Gasteiger partial charge is 0.369 e. The highest BCUT2D eigenvalue weighted by molar-refractivity contribution is 5.48. The van der Waals surface area contributed by atoms with Crippen LogP contribution in [0.15, 0.2) is 0 Å². The Balaban J connectivity index is 1.25. The molecule has 1 saturated carbocycles. The number of carbonyl (C=O) groups is 1. The van der Waals surface area contributed by atoms with E-state index in [9.17, 15) is 4.79 Å². The van der Waals surface area contributed by atoms with E-state index in [0.29, 0.717) is 12.2 Å². The zero-order valence-electron chi connectivity index (χ0n) is 29.6. The molecule has 0 aromatic carbocycles. The van der Waals surface area contributed by atoms with E-state index in [2.05, 4.69) is 13.8 Å². The van der Waals surface area contributed by atoms with Crippen LogP contribution < -0.4 is 0 Å². The summed E-state index contributed by atoms with van der Waals surface area (Å²) in [6, 6.07) is 0. The summed E-state index contributed by atoms with van der Waals surface area (Å²) in [4.78, 5) is 10.3. The monoisotopic (exact) mass is 603 g/mol. The molecule has 0 unspecified atom stereocenters. The number of hydrogen-bond donors (Lipinski definition) is 0. The van der Waals surface area contributed by atoms with Gasteiger partial charge in [0, 0.05) is 6.42 Å². The summed E-state index contributed by atoms with van der Waals surface area (Å²) in [6.07, 6.45) is 48.6. The van der Waals surface area contributed by atoms with Gasteiger partial charge in [-0.2, -0.15) is 0 Å². The molecule has 254 valence electrons. The van der Waals surface area contributed by atoms with Gasteiger partial charge in [0.1, 0.15) is 6.29 Å². The molecule has 0 aromatic rings. The Morgan fingerprint density at radius 2 is 0.953 bits per heavy atom. The van der Waals surface area contributed by atoms with Gasteiger partial charge in [-0.3, -0.25) is 0 Å². The molecule has 5 atom stereocenters. The molecule has 2 aliphatic rings. The minimum atomic E-state index is 0.596. The van der Waals surface area contributed by atoms with Crippen molar-refractivity contribution < 1.29 is 9.53 Å². The Morgan fingerprint density at radius 1 is 0.535 bits per heavy atom. The van der Waals surface area contributed by atoms with Crippen molar-refractivity contribution in [3.05, 3.63) is 0 Å². The quantitative estimate of drug-likeness (QED) is 0.0410. The number of epoxide rings is 1. The minimum Gasteiger partial charge on any atom is -0.369 e. The average Bonchev–Trinajstić information content (AvgIpc) is 3.94. The number of unbranched alkanes of at least 4 members (excludes halogenated alkanes) is 26. The Labute approximate surface area is 271 Å². The average molecular weight is 603 g/mol. The van der Waals surface area contributed by atoms with E-state index < -0.39 is 0 Å². The maximum atomic E-state index is 10.3. The number of aldehydes is 1. The molecule has 0 spiro atoms. The lowest BCUT2D eigenvalue weighted by atomic mass is 9.95. The summed E-state index contributed by atoms with van der Waals surface area (Å²) in [5.41, 5.74) is 0. The van der Waals surface area contributed by atoms with Gasteiger partial charge in [0.2, 0.25) is 0 Å². The second-order valence-electron chi connectivity index (χ2n) is 15.2. The Kier molecular flexibility index (Phi) is 25.2. The molecule has 0 amide bonds. The van der Waals surface area contributed by atoms with Gasteiger partial charge in [0.05, 0.1) is 12.2 Å². The third-order valence-corrected chi connectivity index (χ3v) is 11.0. The highest BCUT2D eigenvalue weighted by Gasteiger charge is 2.44. The zero-order chi connectivity index (χ0) is 30.6. The fourth-order valence-corrected chi connectivity index (χ4v) is 7.69. The van der Waals surface area contributed by atoms with Gasteiger partial charge in [-0.1, -0.05) is 187 Å². The van der Waals surface area contributed by atoms with Gasteiger partial charge in [0.25, 0.3) is 0 Å². The highest BCUT2D eigenvalue weighted by Crippen LogP contribution is 2.47. The van der Waals surface area contributed by atoms with Crippen LogP contribution >= 0.6 is 0 Å². The van der Waals surface area contributed by atoms with E-state index in [4.69, 9.17) is 4.74 Å². The summed E-state index contributed by atoms with van der Waals surface area (Å²) in [5.74, 6) is 2.88. The summed E-state index contributed by atoms with van der Waals surface area (Å²) in [6.45, 7) is 4.76. The molecule has 2 nitrogen and oxygen atoms in total. The Hall–Kier alpha value is -0.370. The number of carbonyl (C=O) groups excluding carboxylic acids is 1. The maximum absolute atomic E-state index is 10.3. The normalized spacial score (nSPS) is 21.7. The summed E-state index contributed by atoms with van der Waals surface area (Å²) in [5, 5.41) is 0. The minimum absolute atomic E-state index is 0.596. The number of ether oxygens (including phenoxy) is 1. The molecule has 1 heterocycles. The van der Waals surface area contributed by atoms with Crippen molar-refractivity contribution in [2.75, 3.05) is 0 Å². The van der Waals surface area contributed by atoms with Crippen LogP contribution in [0.3, 0.4) is 0 Å². The lowest BCUT2D eigenvalue weighted by molar-refractivity contribution is -0.107. The molecule has 0 N–H and O–H groups in total. The van der Waals surface area contributed by atoms with Crippen LogP contribution in [0.2, 0.25) is 0 Å². The smallest absolute Gasteiger partial charge is 0.119 e. The molecular weight excluding hydrogens is 524 g/mol. The molecule has 2 heteroatoms. The van der Waals surface area contributed by atoms with E-state index >= 15 is 0 Å². The number of rotatable bonds is 35. The predicted octanol–water partition coefficient (Wildman–Crippen LogP) is 13.7. The third-order valence-electron chi connectivity index (χ3n) is 11.0. The van der Waals surface area contributed by atoms with Crippen LogP contribution in [0, 0.1) is 17.8 Å². The molecule has 1 aliphatic carbocycles. The highest BCUT2D eigenvalue weighted by atomic mass is 16.6. The molecule has 0 radical (unpaired) electrons. The van der Waals surface area contributed by atoms with Gasteiger partial charge in [-0.15, -0.1) is 0 Å².